The van der Waals surface area contributed by atoms with Gasteiger partial charge in [0.15, 0.2) is 29.9 Å². The highest BCUT2D eigenvalue weighted by molar-refractivity contribution is 6.31. The summed E-state index contributed by atoms with van der Waals surface area (Å²) >= 11 is 5.27. The van der Waals surface area contributed by atoms with E-state index in [9.17, 15) is 22.4 Å². The third kappa shape index (κ3) is 4.74. The normalized spacial score (nSPS) is 14.4. The van der Waals surface area contributed by atoms with E-state index in [1.54, 1.807) is 0 Å². The number of benzene rings is 2. The van der Waals surface area contributed by atoms with Gasteiger partial charge in [0.05, 0.1) is 0 Å². The highest BCUT2D eigenvalue weighted by atomic mass is 35.5. The lowest BCUT2D eigenvalue weighted by molar-refractivity contribution is -0.133. The van der Waals surface area contributed by atoms with Gasteiger partial charge in [0.1, 0.15) is 16.5 Å². The van der Waals surface area contributed by atoms with Crippen molar-refractivity contribution in [2.75, 3.05) is 37.7 Å². The standard InChI is InChI=1S/C22H23ClF4N2O2/c1-12(2)14-5-4-13(3)10-15(14)31-11-16(30)28-6-8-29(9-7-28)22-20(26)18(24)17(23)19(25)21(22)27/h4-5,10,12H,6-9,11H2,1-3H3. The number of piperazine rings is 1. The van der Waals surface area contributed by atoms with Gasteiger partial charge in [-0.15, -0.1) is 0 Å². The number of carbonyl (C=O) groups is 1. The molecule has 2 aromatic rings. The first-order valence-electron chi connectivity index (χ1n) is 9.89. The maximum Gasteiger partial charge on any atom is 0.260 e. The summed E-state index contributed by atoms with van der Waals surface area (Å²) in [4.78, 5) is 15.2. The number of anilines is 1. The second kappa shape index (κ2) is 9.34. The van der Waals surface area contributed by atoms with E-state index in [0.29, 0.717) is 5.75 Å². The van der Waals surface area contributed by atoms with Crippen LogP contribution in [0.4, 0.5) is 23.2 Å². The Hall–Kier alpha value is -2.48. The molecular weight excluding hydrogens is 436 g/mol. The summed E-state index contributed by atoms with van der Waals surface area (Å²) in [6, 6.07) is 5.81. The van der Waals surface area contributed by atoms with E-state index in [1.807, 2.05) is 39.0 Å². The lowest BCUT2D eigenvalue weighted by Crippen LogP contribution is -2.50. The largest absolute Gasteiger partial charge is 0.483 e. The van der Waals surface area contributed by atoms with Crippen molar-refractivity contribution in [1.82, 2.24) is 4.90 Å². The molecule has 1 aliphatic heterocycles. The Labute approximate surface area is 183 Å². The Morgan fingerprint density at radius 2 is 1.61 bits per heavy atom. The summed E-state index contributed by atoms with van der Waals surface area (Å²) in [5, 5.41) is -1.22. The monoisotopic (exact) mass is 458 g/mol. The number of aryl methyl sites for hydroxylation is 1. The van der Waals surface area contributed by atoms with Crippen LogP contribution >= 0.6 is 11.6 Å². The average Bonchev–Trinajstić information content (AvgIpc) is 2.75. The summed E-state index contributed by atoms with van der Waals surface area (Å²) in [6.07, 6.45) is 0. The van der Waals surface area contributed by atoms with E-state index in [-0.39, 0.29) is 44.6 Å². The fourth-order valence-electron chi connectivity index (χ4n) is 3.52. The third-order valence-electron chi connectivity index (χ3n) is 5.28. The average molecular weight is 459 g/mol. The summed E-state index contributed by atoms with van der Waals surface area (Å²) in [7, 11) is 0. The first kappa shape index (κ1) is 23.2. The maximum absolute atomic E-state index is 14.2. The fraction of sp³-hybridized carbons (Fsp3) is 0.409. The Morgan fingerprint density at radius 3 is 2.16 bits per heavy atom. The van der Waals surface area contributed by atoms with E-state index >= 15 is 0 Å². The smallest absolute Gasteiger partial charge is 0.260 e. The molecular formula is C22H23ClF4N2O2. The van der Waals surface area contributed by atoms with Crippen LogP contribution in [0.25, 0.3) is 0 Å². The molecule has 0 saturated carbocycles. The molecule has 0 radical (unpaired) electrons. The molecule has 1 heterocycles. The van der Waals surface area contributed by atoms with Gasteiger partial charge < -0.3 is 14.5 Å². The number of hydrogen-bond acceptors (Lipinski definition) is 3. The predicted molar refractivity (Wildman–Crippen MR) is 111 cm³/mol. The van der Waals surface area contributed by atoms with Gasteiger partial charge in [-0.3, -0.25) is 4.79 Å². The van der Waals surface area contributed by atoms with Crippen LogP contribution in [-0.4, -0.2) is 43.6 Å². The quantitative estimate of drug-likeness (QED) is 0.357. The van der Waals surface area contributed by atoms with Crippen molar-refractivity contribution < 1.29 is 27.1 Å². The van der Waals surface area contributed by atoms with Crippen LogP contribution in [0.1, 0.15) is 30.9 Å². The van der Waals surface area contributed by atoms with Gasteiger partial charge in [0.2, 0.25) is 0 Å². The van der Waals surface area contributed by atoms with Gasteiger partial charge in [-0.25, -0.2) is 17.6 Å². The highest BCUT2D eigenvalue weighted by Gasteiger charge is 2.31. The topological polar surface area (TPSA) is 32.8 Å². The summed E-state index contributed by atoms with van der Waals surface area (Å²) in [6.45, 7) is 6.05. The van der Waals surface area contributed by atoms with Crippen LogP contribution in [0.3, 0.4) is 0 Å². The molecule has 0 N–H and O–H groups in total. The summed E-state index contributed by atoms with van der Waals surface area (Å²) < 4.78 is 61.6. The lowest BCUT2D eigenvalue weighted by atomic mass is 10.0. The van der Waals surface area contributed by atoms with Gasteiger partial charge in [0.25, 0.3) is 5.91 Å². The van der Waals surface area contributed by atoms with Crippen LogP contribution in [0.2, 0.25) is 5.02 Å². The van der Waals surface area contributed by atoms with Crippen LogP contribution < -0.4 is 9.64 Å². The number of nitrogens with zero attached hydrogens (tertiary/aromatic N) is 2. The Kier molecular flexibility index (Phi) is 6.99. The van der Waals surface area contributed by atoms with Gasteiger partial charge in [-0.05, 0) is 30.0 Å². The van der Waals surface area contributed by atoms with Crippen molar-refractivity contribution in [3.63, 3.8) is 0 Å². The first-order valence-corrected chi connectivity index (χ1v) is 10.3. The number of ether oxygens (including phenoxy) is 1. The second-order valence-corrected chi connectivity index (χ2v) is 8.15. The molecule has 9 heteroatoms. The Morgan fingerprint density at radius 1 is 1.03 bits per heavy atom. The molecule has 31 heavy (non-hydrogen) atoms. The number of carbonyl (C=O) groups excluding carboxylic acids is 1. The molecule has 0 atom stereocenters. The second-order valence-electron chi connectivity index (χ2n) is 7.77. The van der Waals surface area contributed by atoms with Crippen LogP contribution in [-0.2, 0) is 4.79 Å². The summed E-state index contributed by atoms with van der Waals surface area (Å²) in [5.41, 5.74) is 1.18. The lowest BCUT2D eigenvalue weighted by Gasteiger charge is -2.36. The number of rotatable bonds is 5. The molecule has 0 spiro atoms. The minimum Gasteiger partial charge on any atom is -0.483 e. The van der Waals surface area contributed by atoms with Gasteiger partial charge in [-0.1, -0.05) is 37.6 Å². The molecule has 1 fully saturated rings. The van der Waals surface area contributed by atoms with Crippen LogP contribution in [0, 0.1) is 30.2 Å². The molecule has 1 aliphatic rings. The highest BCUT2D eigenvalue weighted by Crippen LogP contribution is 2.34. The zero-order valence-corrected chi connectivity index (χ0v) is 18.2. The van der Waals surface area contributed by atoms with Gasteiger partial charge >= 0.3 is 0 Å². The number of hydrogen-bond donors (Lipinski definition) is 0. The fourth-order valence-corrected chi connectivity index (χ4v) is 3.69. The minimum absolute atomic E-state index is 0.00177. The van der Waals surface area contributed by atoms with Crippen LogP contribution in [0.15, 0.2) is 18.2 Å². The van der Waals surface area contributed by atoms with E-state index in [0.717, 1.165) is 16.0 Å². The van der Waals surface area contributed by atoms with Crippen molar-refractivity contribution >= 4 is 23.2 Å². The number of amides is 1. The minimum atomic E-state index is -1.64. The van der Waals surface area contributed by atoms with E-state index in [4.69, 9.17) is 16.3 Å². The van der Waals surface area contributed by atoms with Gasteiger partial charge in [0, 0.05) is 26.2 Å². The van der Waals surface area contributed by atoms with Crippen LogP contribution in [0.5, 0.6) is 5.75 Å². The van der Waals surface area contributed by atoms with Crippen molar-refractivity contribution in [2.24, 2.45) is 0 Å². The maximum atomic E-state index is 14.2. The molecule has 1 saturated heterocycles. The van der Waals surface area contributed by atoms with Gasteiger partial charge in [-0.2, -0.15) is 0 Å². The molecule has 0 bridgehead atoms. The Balaban J connectivity index is 1.65. The summed E-state index contributed by atoms with van der Waals surface area (Å²) in [5.74, 6) is -5.80. The molecule has 0 unspecified atom stereocenters. The zero-order chi connectivity index (χ0) is 22.9. The SMILES string of the molecule is Cc1ccc(C(C)C)c(OCC(=O)N2CCN(c3c(F)c(F)c(Cl)c(F)c3F)CC2)c1. The van der Waals surface area contributed by atoms with E-state index < -0.39 is 34.0 Å². The first-order chi connectivity index (χ1) is 14.6. The van der Waals surface area contributed by atoms with Crippen molar-refractivity contribution in [3.8, 4) is 5.75 Å². The third-order valence-corrected chi connectivity index (χ3v) is 5.61. The predicted octanol–water partition coefficient (Wildman–Crippen LogP) is 5.06. The molecule has 168 valence electrons. The Bertz CT molecular complexity index is 963. The molecule has 3 rings (SSSR count). The van der Waals surface area contributed by atoms with Crippen molar-refractivity contribution in [3.05, 3.63) is 57.6 Å². The van der Waals surface area contributed by atoms with Crippen molar-refractivity contribution in [2.45, 2.75) is 26.7 Å². The van der Waals surface area contributed by atoms with Crippen molar-refractivity contribution in [1.29, 1.82) is 0 Å². The van der Waals surface area contributed by atoms with E-state index in [2.05, 4.69) is 0 Å². The molecule has 0 aliphatic carbocycles. The number of halogens is 5. The van der Waals surface area contributed by atoms with E-state index in [1.165, 1.54) is 4.90 Å². The zero-order valence-electron chi connectivity index (χ0n) is 17.4. The molecule has 2 aromatic carbocycles. The molecule has 1 amide bonds. The molecule has 0 aromatic heterocycles. The molecule has 4 nitrogen and oxygen atoms in total.